The molecule has 0 atom stereocenters. The molecule has 0 radical (unpaired) electrons. The topological polar surface area (TPSA) is 37.9 Å². The quantitative estimate of drug-likeness (QED) is 0.883. The summed E-state index contributed by atoms with van der Waals surface area (Å²) in [5.41, 5.74) is 5.55. The highest BCUT2D eigenvalue weighted by molar-refractivity contribution is 6.28. The normalized spacial score (nSPS) is 10.6. The molecule has 0 aliphatic rings. The van der Waals surface area contributed by atoms with E-state index < -0.39 is 0 Å². The molecule has 1 aromatic carbocycles. The van der Waals surface area contributed by atoms with E-state index in [0.717, 1.165) is 28.1 Å². The Morgan fingerprint density at radius 2 is 1.94 bits per heavy atom. The molecule has 0 aliphatic carbocycles. The summed E-state index contributed by atoms with van der Waals surface area (Å²) < 4.78 is 5.35. The van der Waals surface area contributed by atoms with E-state index in [4.69, 9.17) is 16.3 Å². The van der Waals surface area contributed by atoms with Gasteiger partial charge in [-0.3, -0.25) is 0 Å². The molecular weight excluding hydrogens is 236 g/mol. The molecule has 1 N–H and O–H groups in total. The van der Waals surface area contributed by atoms with Crippen molar-refractivity contribution < 1.29 is 4.74 Å². The van der Waals surface area contributed by atoms with E-state index in [0.29, 0.717) is 5.28 Å². The van der Waals surface area contributed by atoms with Gasteiger partial charge in [-0.2, -0.15) is 0 Å². The second-order valence-electron chi connectivity index (χ2n) is 4.11. The lowest BCUT2D eigenvalue weighted by Gasteiger charge is -2.14. The van der Waals surface area contributed by atoms with Crippen molar-refractivity contribution in [2.75, 3.05) is 7.11 Å². The molecule has 90 valence electrons. The summed E-state index contributed by atoms with van der Waals surface area (Å²) in [5, 5.41) is 0.410. The van der Waals surface area contributed by atoms with Crippen LogP contribution in [-0.2, 0) is 0 Å². The predicted molar refractivity (Wildman–Crippen MR) is 69.8 cm³/mol. The molecule has 0 unspecified atom stereocenters. The smallest absolute Gasteiger partial charge is 0.200 e. The van der Waals surface area contributed by atoms with Crippen molar-refractivity contribution in [3.8, 4) is 17.0 Å². The lowest BCUT2D eigenvalue weighted by atomic mass is 9.95. The molecule has 4 heteroatoms. The number of aromatic amines is 1. The lowest BCUT2D eigenvalue weighted by molar-refractivity contribution is 0.411. The van der Waals surface area contributed by atoms with Gasteiger partial charge in [-0.15, -0.1) is 0 Å². The molecular formula is C13H15ClN2O. The van der Waals surface area contributed by atoms with Crippen LogP contribution in [0.2, 0.25) is 5.28 Å². The van der Waals surface area contributed by atoms with Crippen LogP contribution in [0.25, 0.3) is 11.3 Å². The third kappa shape index (κ3) is 2.03. The van der Waals surface area contributed by atoms with Gasteiger partial charge in [0.05, 0.1) is 19.0 Å². The van der Waals surface area contributed by atoms with Gasteiger partial charge < -0.3 is 9.72 Å². The average molecular weight is 251 g/mol. The number of imidazole rings is 1. The zero-order valence-electron chi connectivity index (χ0n) is 10.4. The summed E-state index contributed by atoms with van der Waals surface area (Å²) in [7, 11) is 1.69. The van der Waals surface area contributed by atoms with Crippen molar-refractivity contribution in [1.29, 1.82) is 0 Å². The SMILES string of the molecule is COc1cc(C)c(-c2cnc(Cl)[nH]2)c(C)c1C. The van der Waals surface area contributed by atoms with Crippen LogP contribution in [0.15, 0.2) is 12.3 Å². The molecule has 0 saturated carbocycles. The van der Waals surface area contributed by atoms with Gasteiger partial charge in [0.1, 0.15) is 5.75 Å². The van der Waals surface area contributed by atoms with Crippen molar-refractivity contribution in [1.82, 2.24) is 9.97 Å². The molecule has 0 spiro atoms. The fraction of sp³-hybridized carbons (Fsp3) is 0.308. The zero-order chi connectivity index (χ0) is 12.6. The van der Waals surface area contributed by atoms with E-state index in [-0.39, 0.29) is 0 Å². The molecule has 0 amide bonds. The van der Waals surface area contributed by atoms with Gasteiger partial charge in [0.25, 0.3) is 0 Å². The fourth-order valence-electron chi connectivity index (χ4n) is 2.10. The van der Waals surface area contributed by atoms with Gasteiger partial charge in [0, 0.05) is 5.56 Å². The average Bonchev–Trinajstić information content (AvgIpc) is 2.70. The van der Waals surface area contributed by atoms with Gasteiger partial charge in [-0.25, -0.2) is 4.98 Å². The number of rotatable bonds is 2. The number of halogens is 1. The van der Waals surface area contributed by atoms with E-state index in [1.54, 1.807) is 13.3 Å². The van der Waals surface area contributed by atoms with Crippen molar-refractivity contribution in [2.24, 2.45) is 0 Å². The summed E-state index contributed by atoms with van der Waals surface area (Å²) in [6.45, 7) is 6.18. The third-order valence-corrected chi connectivity index (χ3v) is 3.28. The van der Waals surface area contributed by atoms with Gasteiger partial charge in [-0.1, -0.05) is 0 Å². The first kappa shape index (κ1) is 12.0. The zero-order valence-corrected chi connectivity index (χ0v) is 11.1. The maximum Gasteiger partial charge on any atom is 0.200 e. The van der Waals surface area contributed by atoms with Crippen molar-refractivity contribution in [3.63, 3.8) is 0 Å². The number of nitrogens with zero attached hydrogens (tertiary/aromatic N) is 1. The summed E-state index contributed by atoms with van der Waals surface area (Å²) in [6, 6.07) is 2.03. The summed E-state index contributed by atoms with van der Waals surface area (Å²) in [4.78, 5) is 7.08. The van der Waals surface area contributed by atoms with Gasteiger partial charge in [0.2, 0.25) is 0 Å². The van der Waals surface area contributed by atoms with Gasteiger partial charge in [0.15, 0.2) is 5.28 Å². The van der Waals surface area contributed by atoms with Crippen LogP contribution in [0.3, 0.4) is 0 Å². The fourth-order valence-corrected chi connectivity index (χ4v) is 2.25. The van der Waals surface area contributed by atoms with Crippen LogP contribution in [0, 0.1) is 20.8 Å². The molecule has 1 aromatic heterocycles. The van der Waals surface area contributed by atoms with Crippen LogP contribution in [0.5, 0.6) is 5.75 Å². The van der Waals surface area contributed by atoms with Crippen LogP contribution in [-0.4, -0.2) is 17.1 Å². The van der Waals surface area contributed by atoms with E-state index in [1.165, 1.54) is 5.56 Å². The van der Waals surface area contributed by atoms with E-state index in [9.17, 15) is 0 Å². The highest BCUT2D eigenvalue weighted by Gasteiger charge is 2.13. The maximum atomic E-state index is 5.82. The largest absolute Gasteiger partial charge is 0.496 e. The molecule has 0 bridgehead atoms. The van der Waals surface area contributed by atoms with Crippen molar-refractivity contribution in [3.05, 3.63) is 34.2 Å². The Morgan fingerprint density at radius 3 is 2.47 bits per heavy atom. The molecule has 0 fully saturated rings. The lowest BCUT2D eigenvalue weighted by Crippen LogP contribution is -1.96. The first-order valence-corrected chi connectivity index (χ1v) is 5.78. The number of nitrogens with one attached hydrogen (secondary N) is 1. The molecule has 0 aliphatic heterocycles. The Morgan fingerprint density at radius 1 is 1.24 bits per heavy atom. The first-order valence-electron chi connectivity index (χ1n) is 5.40. The van der Waals surface area contributed by atoms with Gasteiger partial charge >= 0.3 is 0 Å². The third-order valence-electron chi connectivity index (χ3n) is 3.08. The predicted octanol–water partition coefficient (Wildman–Crippen LogP) is 3.66. The Balaban J connectivity index is 2.66. The molecule has 17 heavy (non-hydrogen) atoms. The number of aromatic nitrogens is 2. The summed E-state index contributed by atoms with van der Waals surface area (Å²) >= 11 is 5.82. The number of hydrogen-bond acceptors (Lipinski definition) is 2. The maximum absolute atomic E-state index is 5.82. The minimum atomic E-state index is 0.410. The second kappa shape index (κ2) is 4.41. The molecule has 0 saturated heterocycles. The highest BCUT2D eigenvalue weighted by atomic mass is 35.5. The van der Waals surface area contributed by atoms with Crippen LogP contribution < -0.4 is 4.74 Å². The number of hydrogen-bond donors (Lipinski definition) is 1. The molecule has 1 heterocycles. The molecule has 2 rings (SSSR count). The Hall–Kier alpha value is -1.48. The Labute approximate surface area is 106 Å². The number of H-pyrrole nitrogens is 1. The number of benzene rings is 1. The standard InChI is InChI=1S/C13H15ClN2O/c1-7-5-11(17-4)8(2)9(3)12(7)10-6-15-13(14)16-10/h5-6H,1-4H3,(H,15,16). The molecule has 3 nitrogen and oxygen atoms in total. The van der Waals surface area contributed by atoms with Crippen LogP contribution in [0.4, 0.5) is 0 Å². The second-order valence-corrected chi connectivity index (χ2v) is 4.47. The Bertz CT molecular complexity index is 561. The number of methoxy groups -OCH3 is 1. The minimum Gasteiger partial charge on any atom is -0.496 e. The van der Waals surface area contributed by atoms with Crippen LogP contribution in [0.1, 0.15) is 16.7 Å². The number of ether oxygens (including phenoxy) is 1. The van der Waals surface area contributed by atoms with Crippen LogP contribution >= 0.6 is 11.6 Å². The first-order chi connectivity index (χ1) is 8.04. The van der Waals surface area contributed by atoms with E-state index >= 15 is 0 Å². The van der Waals surface area contributed by atoms with Crippen molar-refractivity contribution in [2.45, 2.75) is 20.8 Å². The summed E-state index contributed by atoms with van der Waals surface area (Å²) in [5.74, 6) is 0.911. The minimum absolute atomic E-state index is 0.410. The van der Waals surface area contributed by atoms with Crippen molar-refractivity contribution >= 4 is 11.6 Å². The van der Waals surface area contributed by atoms with E-state index in [1.807, 2.05) is 6.07 Å². The highest BCUT2D eigenvalue weighted by Crippen LogP contribution is 2.33. The van der Waals surface area contributed by atoms with Gasteiger partial charge in [-0.05, 0) is 55.1 Å². The number of aryl methyl sites for hydroxylation is 1. The monoisotopic (exact) mass is 250 g/mol. The molecule has 2 aromatic rings. The van der Waals surface area contributed by atoms with E-state index in [2.05, 4.69) is 30.7 Å². The Kier molecular flexibility index (Phi) is 3.11. The summed E-state index contributed by atoms with van der Waals surface area (Å²) in [6.07, 6.45) is 1.75.